The lowest BCUT2D eigenvalue weighted by atomic mass is 10.0. The predicted octanol–water partition coefficient (Wildman–Crippen LogP) is 3.12. The largest absolute Gasteiger partial charge is 0.326 e. The molecule has 1 saturated heterocycles. The summed E-state index contributed by atoms with van der Waals surface area (Å²) in [4.78, 5) is 25.7. The highest BCUT2D eigenvalue weighted by Gasteiger charge is 2.23. The lowest BCUT2D eigenvalue weighted by Gasteiger charge is -2.31. The minimum Gasteiger partial charge on any atom is -0.326 e. The van der Waals surface area contributed by atoms with Crippen molar-refractivity contribution in [3.63, 3.8) is 0 Å². The molecule has 0 saturated carbocycles. The number of halogens is 1. The maximum absolute atomic E-state index is 12.4. The number of hydrogen-bond acceptors (Lipinski definition) is 3. The molecule has 0 radical (unpaired) electrons. The fourth-order valence-corrected chi connectivity index (χ4v) is 2.63. The van der Waals surface area contributed by atoms with Crippen LogP contribution >= 0.6 is 12.4 Å². The molecule has 1 amide bonds. The van der Waals surface area contributed by atoms with E-state index in [1.165, 1.54) is 26.2 Å². The fraction of sp³-hybridized carbons (Fsp3) is 0.500. The summed E-state index contributed by atoms with van der Waals surface area (Å²) < 4.78 is 0. The Hall–Kier alpha value is -1.39. The van der Waals surface area contributed by atoms with Gasteiger partial charge in [0.1, 0.15) is 0 Å². The number of rotatable bonds is 4. The van der Waals surface area contributed by atoms with Crippen molar-refractivity contribution >= 4 is 29.8 Å². The number of carbonyl (C=O) groups is 2. The molecule has 0 bridgehead atoms. The predicted molar refractivity (Wildman–Crippen MR) is 87.2 cm³/mol. The summed E-state index contributed by atoms with van der Waals surface area (Å²) in [5, 5.41) is 2.70. The van der Waals surface area contributed by atoms with Gasteiger partial charge in [-0.3, -0.25) is 14.5 Å². The average Bonchev–Trinajstić information content (AvgIpc) is 2.47. The number of ketones is 1. The molecule has 1 aromatic rings. The number of benzene rings is 1. The third kappa shape index (κ3) is 4.83. The molecule has 1 aliphatic heterocycles. The van der Waals surface area contributed by atoms with Gasteiger partial charge in [0, 0.05) is 18.2 Å². The standard InChI is InChI=1S/C16H22N2O2.ClH/c1-12(18-10-4-3-5-11-18)16(20)14-6-8-15(9-7-14)17-13(2)19;/h6-9,12H,3-5,10-11H2,1-2H3,(H,17,19);1H. The van der Waals surface area contributed by atoms with E-state index in [9.17, 15) is 9.59 Å². The molecule has 1 unspecified atom stereocenters. The van der Waals surface area contributed by atoms with E-state index in [1.54, 1.807) is 24.3 Å². The van der Waals surface area contributed by atoms with Crippen molar-refractivity contribution in [2.24, 2.45) is 0 Å². The molecule has 1 N–H and O–H groups in total. The van der Waals surface area contributed by atoms with Crippen LogP contribution in [0.1, 0.15) is 43.5 Å². The molecule has 2 rings (SSSR count). The molecule has 21 heavy (non-hydrogen) atoms. The van der Waals surface area contributed by atoms with Crippen molar-refractivity contribution < 1.29 is 9.59 Å². The Balaban J connectivity index is 0.00000220. The molecule has 1 aromatic carbocycles. The average molecular weight is 311 g/mol. The van der Waals surface area contributed by atoms with E-state index in [1.807, 2.05) is 6.92 Å². The molecule has 5 heteroatoms. The fourth-order valence-electron chi connectivity index (χ4n) is 2.63. The third-order valence-corrected chi connectivity index (χ3v) is 3.81. The smallest absolute Gasteiger partial charge is 0.221 e. The van der Waals surface area contributed by atoms with E-state index in [4.69, 9.17) is 0 Å². The van der Waals surface area contributed by atoms with Crippen LogP contribution in [-0.2, 0) is 4.79 Å². The van der Waals surface area contributed by atoms with E-state index in [0.717, 1.165) is 18.8 Å². The van der Waals surface area contributed by atoms with Gasteiger partial charge in [-0.15, -0.1) is 12.4 Å². The van der Waals surface area contributed by atoms with Gasteiger partial charge >= 0.3 is 0 Å². The van der Waals surface area contributed by atoms with Crippen LogP contribution in [0.15, 0.2) is 24.3 Å². The van der Waals surface area contributed by atoms with Gasteiger partial charge in [-0.1, -0.05) is 6.42 Å². The molecule has 116 valence electrons. The molecule has 0 aliphatic carbocycles. The zero-order valence-electron chi connectivity index (χ0n) is 12.6. The van der Waals surface area contributed by atoms with Crippen molar-refractivity contribution in [1.82, 2.24) is 4.90 Å². The van der Waals surface area contributed by atoms with E-state index in [-0.39, 0.29) is 30.1 Å². The first-order valence-electron chi connectivity index (χ1n) is 7.24. The molecular weight excluding hydrogens is 288 g/mol. The van der Waals surface area contributed by atoms with Crippen molar-refractivity contribution in [2.45, 2.75) is 39.2 Å². The zero-order chi connectivity index (χ0) is 14.5. The van der Waals surface area contributed by atoms with Gasteiger partial charge in [-0.25, -0.2) is 0 Å². The Morgan fingerprint density at radius 1 is 1.10 bits per heavy atom. The van der Waals surface area contributed by atoms with Crippen molar-refractivity contribution in [3.05, 3.63) is 29.8 Å². The van der Waals surface area contributed by atoms with Gasteiger partial charge in [0.05, 0.1) is 6.04 Å². The maximum Gasteiger partial charge on any atom is 0.221 e. The number of piperidine rings is 1. The molecule has 1 atom stereocenters. The number of nitrogens with one attached hydrogen (secondary N) is 1. The number of amides is 1. The van der Waals surface area contributed by atoms with Crippen LogP contribution in [0, 0.1) is 0 Å². The van der Waals surface area contributed by atoms with E-state index in [0.29, 0.717) is 5.56 Å². The third-order valence-electron chi connectivity index (χ3n) is 3.81. The van der Waals surface area contributed by atoms with Gasteiger partial charge in [0.2, 0.25) is 5.91 Å². The first kappa shape index (κ1) is 17.7. The maximum atomic E-state index is 12.4. The van der Waals surface area contributed by atoms with Crippen LogP contribution in [0.2, 0.25) is 0 Å². The normalized spacial score (nSPS) is 16.7. The van der Waals surface area contributed by atoms with E-state index < -0.39 is 0 Å². The van der Waals surface area contributed by atoms with Crippen LogP contribution in [0.5, 0.6) is 0 Å². The zero-order valence-corrected chi connectivity index (χ0v) is 13.4. The van der Waals surface area contributed by atoms with Crippen LogP contribution in [0.4, 0.5) is 5.69 Å². The van der Waals surface area contributed by atoms with E-state index in [2.05, 4.69) is 10.2 Å². The molecule has 1 heterocycles. The Bertz CT molecular complexity index is 482. The minimum absolute atomic E-state index is 0. The summed E-state index contributed by atoms with van der Waals surface area (Å²) in [5.41, 5.74) is 1.43. The molecule has 1 aliphatic rings. The first-order valence-corrected chi connectivity index (χ1v) is 7.24. The van der Waals surface area contributed by atoms with Gasteiger partial charge in [0.25, 0.3) is 0 Å². The molecule has 1 fully saturated rings. The van der Waals surface area contributed by atoms with Gasteiger partial charge in [-0.2, -0.15) is 0 Å². The minimum atomic E-state index is -0.106. The number of hydrogen-bond donors (Lipinski definition) is 1. The van der Waals surface area contributed by atoms with Crippen LogP contribution < -0.4 is 5.32 Å². The first-order chi connectivity index (χ1) is 9.58. The number of anilines is 1. The van der Waals surface area contributed by atoms with Crippen molar-refractivity contribution in [1.29, 1.82) is 0 Å². The second-order valence-electron chi connectivity index (χ2n) is 5.40. The Morgan fingerprint density at radius 3 is 2.19 bits per heavy atom. The highest BCUT2D eigenvalue weighted by atomic mass is 35.5. The Morgan fingerprint density at radius 2 is 1.67 bits per heavy atom. The topological polar surface area (TPSA) is 49.4 Å². The van der Waals surface area contributed by atoms with Gasteiger partial charge < -0.3 is 5.32 Å². The molecule has 4 nitrogen and oxygen atoms in total. The van der Waals surface area contributed by atoms with Gasteiger partial charge in [0.15, 0.2) is 5.78 Å². The second kappa shape index (κ2) is 8.15. The van der Waals surface area contributed by atoms with Crippen molar-refractivity contribution in [2.75, 3.05) is 18.4 Å². The quantitative estimate of drug-likeness (QED) is 0.869. The van der Waals surface area contributed by atoms with Gasteiger partial charge in [-0.05, 0) is 57.1 Å². The summed E-state index contributed by atoms with van der Waals surface area (Å²) in [5.74, 6) is 0.0482. The summed E-state index contributed by atoms with van der Waals surface area (Å²) in [6, 6.07) is 7.05. The van der Waals surface area contributed by atoms with Crippen molar-refractivity contribution in [3.8, 4) is 0 Å². The van der Waals surface area contributed by atoms with Crippen LogP contribution in [-0.4, -0.2) is 35.7 Å². The SMILES string of the molecule is CC(=O)Nc1ccc(C(=O)C(C)N2CCCCC2)cc1.Cl. The lowest BCUT2D eigenvalue weighted by Crippen LogP contribution is -2.42. The highest BCUT2D eigenvalue weighted by molar-refractivity contribution is 6.00. The monoisotopic (exact) mass is 310 g/mol. The summed E-state index contributed by atoms with van der Waals surface area (Å²) in [7, 11) is 0. The summed E-state index contributed by atoms with van der Waals surface area (Å²) in [6.07, 6.45) is 3.63. The Labute approximate surface area is 132 Å². The van der Waals surface area contributed by atoms with Crippen LogP contribution in [0.25, 0.3) is 0 Å². The van der Waals surface area contributed by atoms with E-state index >= 15 is 0 Å². The summed E-state index contributed by atoms with van der Waals surface area (Å²) in [6.45, 7) is 5.47. The highest BCUT2D eigenvalue weighted by Crippen LogP contribution is 2.17. The summed E-state index contributed by atoms with van der Waals surface area (Å²) >= 11 is 0. The number of carbonyl (C=O) groups excluding carboxylic acids is 2. The molecule has 0 spiro atoms. The number of likely N-dealkylation sites (tertiary alicyclic amines) is 1. The number of Topliss-reactive ketones (excluding diaryl/α,β-unsaturated/α-hetero) is 1. The molecule has 0 aromatic heterocycles. The van der Waals surface area contributed by atoms with Crippen LogP contribution in [0.3, 0.4) is 0 Å². The second-order valence-corrected chi connectivity index (χ2v) is 5.40. The lowest BCUT2D eigenvalue weighted by molar-refractivity contribution is -0.114. The molecular formula is C16H23ClN2O2. The Kier molecular flexibility index (Phi) is 6.85. The number of nitrogens with zero attached hydrogens (tertiary/aromatic N) is 1.